The van der Waals surface area contributed by atoms with Crippen molar-refractivity contribution >= 4 is 11.6 Å². The third-order valence-corrected chi connectivity index (χ3v) is 2.84. The Morgan fingerprint density at radius 1 is 1.24 bits per heavy atom. The van der Waals surface area contributed by atoms with Gasteiger partial charge in [0, 0.05) is 13.1 Å². The zero-order valence-electron chi connectivity index (χ0n) is 9.38. The summed E-state index contributed by atoms with van der Waals surface area (Å²) in [6.07, 6.45) is 2.00. The van der Waals surface area contributed by atoms with Gasteiger partial charge in [0.05, 0.1) is 6.54 Å². The lowest BCUT2D eigenvalue weighted by Crippen LogP contribution is -2.33. The molecule has 0 aromatic heterocycles. The molecule has 92 valence electrons. The fourth-order valence-electron chi connectivity index (χ4n) is 1.91. The summed E-state index contributed by atoms with van der Waals surface area (Å²) in [4.78, 5) is 13.4. The summed E-state index contributed by atoms with van der Waals surface area (Å²) in [5.41, 5.74) is -0.236. The van der Waals surface area contributed by atoms with Crippen LogP contribution in [-0.4, -0.2) is 30.4 Å². The van der Waals surface area contributed by atoms with Crippen LogP contribution in [0.1, 0.15) is 12.8 Å². The van der Waals surface area contributed by atoms with E-state index >= 15 is 0 Å². The maximum atomic E-state index is 13.3. The number of likely N-dealkylation sites (tertiary alicyclic amines) is 1. The summed E-state index contributed by atoms with van der Waals surface area (Å²) in [6.45, 7) is 1.40. The topological polar surface area (TPSA) is 32.3 Å². The SMILES string of the molecule is O=C(CNc1c(F)cccc1F)N1CCCC1. The number of carbonyl (C=O) groups excluding carboxylic acids is 1. The van der Waals surface area contributed by atoms with Crippen LogP contribution >= 0.6 is 0 Å². The van der Waals surface area contributed by atoms with Gasteiger partial charge in [-0.3, -0.25) is 4.79 Å². The molecule has 0 spiro atoms. The highest BCUT2D eigenvalue weighted by Gasteiger charge is 2.18. The highest BCUT2D eigenvalue weighted by molar-refractivity contribution is 5.81. The quantitative estimate of drug-likeness (QED) is 0.876. The molecule has 1 aromatic rings. The van der Waals surface area contributed by atoms with E-state index in [9.17, 15) is 13.6 Å². The van der Waals surface area contributed by atoms with Crippen molar-refractivity contribution in [1.82, 2.24) is 4.90 Å². The molecule has 2 rings (SSSR count). The number of benzene rings is 1. The molecular weight excluding hydrogens is 226 g/mol. The minimum absolute atomic E-state index is 0.0716. The van der Waals surface area contributed by atoms with Crippen molar-refractivity contribution in [3.63, 3.8) is 0 Å². The maximum absolute atomic E-state index is 13.3. The monoisotopic (exact) mass is 240 g/mol. The first kappa shape index (κ1) is 11.8. The molecular formula is C12H14F2N2O. The third kappa shape index (κ3) is 2.72. The molecule has 1 aromatic carbocycles. The van der Waals surface area contributed by atoms with Gasteiger partial charge in [0.1, 0.15) is 17.3 Å². The van der Waals surface area contributed by atoms with Crippen molar-refractivity contribution in [2.45, 2.75) is 12.8 Å². The lowest BCUT2D eigenvalue weighted by molar-refractivity contribution is -0.128. The average Bonchev–Trinajstić information content (AvgIpc) is 2.81. The molecule has 0 unspecified atom stereocenters. The van der Waals surface area contributed by atoms with Crippen LogP contribution in [0.5, 0.6) is 0 Å². The number of hydrogen-bond acceptors (Lipinski definition) is 2. The molecule has 0 saturated carbocycles. The second-order valence-electron chi connectivity index (χ2n) is 4.04. The first-order valence-corrected chi connectivity index (χ1v) is 5.64. The molecule has 1 aliphatic rings. The number of rotatable bonds is 3. The minimum Gasteiger partial charge on any atom is -0.371 e. The second kappa shape index (κ2) is 5.12. The second-order valence-corrected chi connectivity index (χ2v) is 4.04. The Balaban J connectivity index is 1.95. The van der Waals surface area contributed by atoms with Crippen LogP contribution in [0.25, 0.3) is 0 Å². The van der Waals surface area contributed by atoms with Gasteiger partial charge in [0.2, 0.25) is 5.91 Å². The molecule has 3 nitrogen and oxygen atoms in total. The average molecular weight is 240 g/mol. The standard InChI is InChI=1S/C12H14F2N2O/c13-9-4-3-5-10(14)12(9)15-8-11(17)16-6-1-2-7-16/h3-5,15H,1-2,6-8H2. The third-order valence-electron chi connectivity index (χ3n) is 2.84. The summed E-state index contributed by atoms with van der Waals surface area (Å²) >= 11 is 0. The van der Waals surface area contributed by atoms with E-state index in [1.54, 1.807) is 4.90 Å². The Labute approximate surface area is 98.4 Å². The highest BCUT2D eigenvalue weighted by Crippen LogP contribution is 2.17. The summed E-state index contributed by atoms with van der Waals surface area (Å²) < 4.78 is 26.5. The summed E-state index contributed by atoms with van der Waals surface area (Å²) in [6, 6.07) is 3.61. The Morgan fingerprint density at radius 3 is 2.41 bits per heavy atom. The van der Waals surface area contributed by atoms with Crippen LogP contribution in [0.4, 0.5) is 14.5 Å². The van der Waals surface area contributed by atoms with Crippen molar-refractivity contribution in [2.75, 3.05) is 25.0 Å². The van der Waals surface area contributed by atoms with Crippen LogP contribution in [0.15, 0.2) is 18.2 Å². The predicted octanol–water partition coefficient (Wildman–Crippen LogP) is 2.00. The van der Waals surface area contributed by atoms with Gasteiger partial charge in [-0.25, -0.2) is 8.78 Å². The van der Waals surface area contributed by atoms with Crippen LogP contribution in [-0.2, 0) is 4.79 Å². The van der Waals surface area contributed by atoms with Crippen molar-refractivity contribution in [2.24, 2.45) is 0 Å². The Kier molecular flexibility index (Phi) is 3.56. The number of halogens is 2. The molecule has 1 fully saturated rings. The van der Waals surface area contributed by atoms with Crippen LogP contribution < -0.4 is 5.32 Å². The molecule has 1 saturated heterocycles. The zero-order chi connectivity index (χ0) is 12.3. The molecule has 0 aliphatic carbocycles. The normalized spacial score (nSPS) is 15.1. The smallest absolute Gasteiger partial charge is 0.241 e. The van der Waals surface area contributed by atoms with E-state index in [4.69, 9.17) is 0 Å². The van der Waals surface area contributed by atoms with E-state index < -0.39 is 11.6 Å². The summed E-state index contributed by atoms with van der Waals surface area (Å²) in [7, 11) is 0. The van der Waals surface area contributed by atoms with Gasteiger partial charge in [-0.2, -0.15) is 0 Å². The highest BCUT2D eigenvalue weighted by atomic mass is 19.1. The van der Waals surface area contributed by atoms with E-state index in [0.717, 1.165) is 38.1 Å². The molecule has 1 heterocycles. The largest absolute Gasteiger partial charge is 0.371 e. The van der Waals surface area contributed by atoms with E-state index in [-0.39, 0.29) is 18.1 Å². The first-order chi connectivity index (χ1) is 8.18. The van der Waals surface area contributed by atoms with Crippen LogP contribution in [0.2, 0.25) is 0 Å². The zero-order valence-corrected chi connectivity index (χ0v) is 9.38. The Morgan fingerprint density at radius 2 is 1.82 bits per heavy atom. The molecule has 1 amide bonds. The number of nitrogens with zero attached hydrogens (tertiary/aromatic N) is 1. The summed E-state index contributed by atoms with van der Waals surface area (Å²) in [5.74, 6) is -1.48. The number of carbonyl (C=O) groups is 1. The lowest BCUT2D eigenvalue weighted by atomic mass is 10.3. The molecule has 0 atom stereocenters. The summed E-state index contributed by atoms with van der Waals surface area (Å²) in [5, 5.41) is 2.52. The fourth-order valence-corrected chi connectivity index (χ4v) is 1.91. The van der Waals surface area contributed by atoms with Gasteiger partial charge in [-0.05, 0) is 25.0 Å². The molecule has 0 bridgehead atoms. The van der Waals surface area contributed by atoms with Crippen LogP contribution in [0.3, 0.4) is 0 Å². The van der Waals surface area contributed by atoms with Gasteiger partial charge in [-0.1, -0.05) is 6.07 Å². The van der Waals surface area contributed by atoms with E-state index in [1.807, 2.05) is 0 Å². The van der Waals surface area contributed by atoms with Gasteiger partial charge >= 0.3 is 0 Å². The van der Waals surface area contributed by atoms with Crippen molar-refractivity contribution < 1.29 is 13.6 Å². The number of hydrogen-bond donors (Lipinski definition) is 1. The van der Waals surface area contributed by atoms with E-state index in [1.165, 1.54) is 6.07 Å². The van der Waals surface area contributed by atoms with E-state index in [0.29, 0.717) is 0 Å². The van der Waals surface area contributed by atoms with Gasteiger partial charge in [0.25, 0.3) is 0 Å². The predicted molar refractivity (Wildman–Crippen MR) is 60.7 cm³/mol. The van der Waals surface area contributed by atoms with Gasteiger partial charge in [0.15, 0.2) is 0 Å². The maximum Gasteiger partial charge on any atom is 0.241 e. The first-order valence-electron chi connectivity index (χ1n) is 5.64. The number of amides is 1. The molecule has 0 radical (unpaired) electrons. The van der Waals surface area contributed by atoms with Crippen LogP contribution in [0, 0.1) is 11.6 Å². The lowest BCUT2D eigenvalue weighted by Gasteiger charge is -2.16. The number of para-hydroxylation sites is 1. The molecule has 1 aliphatic heterocycles. The number of nitrogens with one attached hydrogen (secondary N) is 1. The number of anilines is 1. The Bertz CT molecular complexity index is 397. The molecule has 1 N–H and O–H groups in total. The minimum atomic E-state index is -0.681. The van der Waals surface area contributed by atoms with Gasteiger partial charge in [-0.15, -0.1) is 0 Å². The molecule has 5 heteroatoms. The van der Waals surface area contributed by atoms with E-state index in [2.05, 4.69) is 5.32 Å². The van der Waals surface area contributed by atoms with Crippen molar-refractivity contribution in [3.8, 4) is 0 Å². The fraction of sp³-hybridized carbons (Fsp3) is 0.417. The Hall–Kier alpha value is -1.65. The van der Waals surface area contributed by atoms with Crippen molar-refractivity contribution in [3.05, 3.63) is 29.8 Å². The van der Waals surface area contributed by atoms with Crippen molar-refractivity contribution in [1.29, 1.82) is 0 Å². The molecule has 17 heavy (non-hydrogen) atoms. The van der Waals surface area contributed by atoms with Gasteiger partial charge < -0.3 is 10.2 Å².